The summed E-state index contributed by atoms with van der Waals surface area (Å²) in [5.74, 6) is -2.02. The van der Waals surface area contributed by atoms with Crippen molar-refractivity contribution in [2.75, 3.05) is 32.8 Å². The van der Waals surface area contributed by atoms with Gasteiger partial charge in [-0.2, -0.15) is 36.5 Å². The van der Waals surface area contributed by atoms with E-state index in [2.05, 4.69) is 10.2 Å². The number of carbonyl (C=O) groups excluding carboxylic acids is 2. The van der Waals surface area contributed by atoms with Crippen LogP contribution in [0.3, 0.4) is 0 Å². The highest BCUT2D eigenvalue weighted by molar-refractivity contribution is 5.95. The summed E-state index contributed by atoms with van der Waals surface area (Å²) in [6, 6.07) is 7.76. The summed E-state index contributed by atoms with van der Waals surface area (Å²) in [6.45, 7) is 1.15. The van der Waals surface area contributed by atoms with Gasteiger partial charge < -0.3 is 24.4 Å². The summed E-state index contributed by atoms with van der Waals surface area (Å²) in [7, 11) is 0. The summed E-state index contributed by atoms with van der Waals surface area (Å²) in [4.78, 5) is 26.8. The van der Waals surface area contributed by atoms with E-state index in [0.717, 1.165) is 21.9 Å². The minimum absolute atomic E-state index is 0.000832. The van der Waals surface area contributed by atoms with E-state index in [-0.39, 0.29) is 92.9 Å². The zero-order valence-corrected chi connectivity index (χ0v) is 28.3. The molecule has 0 spiro atoms. The largest absolute Gasteiger partial charge is 0.435 e. The fourth-order valence-corrected chi connectivity index (χ4v) is 6.83. The van der Waals surface area contributed by atoms with Crippen molar-refractivity contribution in [3.63, 3.8) is 0 Å². The minimum Gasteiger partial charge on any atom is -0.389 e. The standard InChI is InChI=1S/C18H17F4N3O2.C17H15F4N3O3/c19-14-8-12(4-3-11(14)9-24-6-1-2-16(24)26)25-15-5-7-27-10-13(15)17(23-25)18(20,21)22;18-13-5-9(1-2-11(13)16(26)23-6-10(25)7-23)24-14-3-4-27-8-12(14)15(22-24)17(19,20)21/h3-4,8H,1-2,5-7,9-10H2;1-2,5,10,25H,3-4,6-8H2. The van der Waals surface area contributed by atoms with Crippen molar-refractivity contribution in [3.8, 4) is 11.4 Å². The number of likely N-dealkylation sites (tertiary alicyclic amines) is 2. The van der Waals surface area contributed by atoms with Crippen LogP contribution in [-0.4, -0.2) is 85.2 Å². The summed E-state index contributed by atoms with van der Waals surface area (Å²) in [6.07, 6.45) is -8.18. The first kappa shape index (κ1) is 37.4. The van der Waals surface area contributed by atoms with Crippen LogP contribution in [-0.2, 0) is 59.2 Å². The molecule has 19 heteroatoms. The molecule has 8 rings (SSSR count). The summed E-state index contributed by atoms with van der Waals surface area (Å²) in [5, 5.41) is 16.6. The molecule has 0 unspecified atom stereocenters. The number of amides is 2. The molecule has 2 fully saturated rings. The van der Waals surface area contributed by atoms with E-state index in [1.807, 2.05) is 0 Å². The Morgan fingerprint density at radius 2 is 1.33 bits per heavy atom. The number of hydrogen-bond acceptors (Lipinski definition) is 7. The van der Waals surface area contributed by atoms with Crippen LogP contribution >= 0.6 is 0 Å². The van der Waals surface area contributed by atoms with Crippen molar-refractivity contribution < 1.29 is 59.3 Å². The first-order chi connectivity index (χ1) is 25.6. The van der Waals surface area contributed by atoms with E-state index >= 15 is 0 Å². The Bertz CT molecular complexity index is 2090. The molecule has 4 aromatic rings. The summed E-state index contributed by atoms with van der Waals surface area (Å²) >= 11 is 0. The van der Waals surface area contributed by atoms with Gasteiger partial charge in [-0.15, -0.1) is 0 Å². The molecule has 0 atom stereocenters. The maximum Gasteiger partial charge on any atom is 0.435 e. The number of hydrogen-bond donors (Lipinski definition) is 1. The minimum atomic E-state index is -4.65. The number of β-amino-alcohol motifs (C(OH)–C–C–N with tert-alkyl or cyclic N) is 1. The molecule has 0 radical (unpaired) electrons. The van der Waals surface area contributed by atoms with Crippen LogP contribution in [0.2, 0.25) is 0 Å². The van der Waals surface area contributed by atoms with Gasteiger partial charge in [0.15, 0.2) is 11.4 Å². The maximum absolute atomic E-state index is 14.6. The van der Waals surface area contributed by atoms with Crippen molar-refractivity contribution >= 4 is 11.8 Å². The first-order valence-corrected chi connectivity index (χ1v) is 17.0. The topological polar surface area (TPSA) is 115 Å². The van der Waals surface area contributed by atoms with Gasteiger partial charge in [-0.1, -0.05) is 6.07 Å². The van der Waals surface area contributed by atoms with E-state index in [9.17, 15) is 49.8 Å². The third-order valence-electron chi connectivity index (χ3n) is 9.57. The average molecular weight is 769 g/mol. The number of halogens is 8. The highest BCUT2D eigenvalue weighted by Gasteiger charge is 2.41. The third-order valence-corrected chi connectivity index (χ3v) is 9.57. The van der Waals surface area contributed by atoms with Crippen LogP contribution in [0.4, 0.5) is 35.1 Å². The predicted molar refractivity (Wildman–Crippen MR) is 170 cm³/mol. The quantitative estimate of drug-likeness (QED) is 0.280. The number of benzene rings is 2. The Kier molecular flexibility index (Phi) is 9.99. The maximum atomic E-state index is 14.6. The SMILES string of the molecule is O=C(c1ccc(-n2nc(C(F)(F)F)c3c2CCOC3)cc1F)N1CC(O)C1.O=C1CCCN1Cc1ccc(-n2nc(C(F)(F)F)c3c2CCOC3)cc1F. The number of fused-ring (bicyclic) bond motifs is 2. The smallest absolute Gasteiger partial charge is 0.389 e. The molecule has 0 saturated carbocycles. The van der Waals surface area contributed by atoms with Crippen LogP contribution in [0, 0.1) is 11.6 Å². The fraction of sp³-hybridized carbons (Fsp3) is 0.429. The number of aliphatic hydroxyl groups excluding tert-OH is 1. The molecule has 2 aromatic carbocycles. The zero-order chi connectivity index (χ0) is 38.5. The van der Waals surface area contributed by atoms with Gasteiger partial charge in [0.1, 0.15) is 11.6 Å². The van der Waals surface area contributed by atoms with Gasteiger partial charge in [0.25, 0.3) is 5.91 Å². The first-order valence-electron chi connectivity index (χ1n) is 17.0. The fourth-order valence-electron chi connectivity index (χ4n) is 6.83. The molecular formula is C35H32F8N6O5. The lowest BCUT2D eigenvalue weighted by Crippen LogP contribution is -2.53. The lowest BCUT2D eigenvalue weighted by molar-refractivity contribution is -0.143. The van der Waals surface area contributed by atoms with Gasteiger partial charge in [0.2, 0.25) is 5.91 Å². The number of nitrogens with zero attached hydrogens (tertiary/aromatic N) is 6. The second-order valence-electron chi connectivity index (χ2n) is 13.2. The van der Waals surface area contributed by atoms with Crippen molar-refractivity contribution in [1.29, 1.82) is 0 Å². The normalized spacial score (nSPS) is 17.5. The Balaban J connectivity index is 0.000000167. The van der Waals surface area contributed by atoms with E-state index in [4.69, 9.17) is 9.47 Å². The van der Waals surface area contributed by atoms with Gasteiger partial charge in [-0.05, 0) is 30.7 Å². The van der Waals surface area contributed by atoms with E-state index in [1.54, 1.807) is 4.90 Å². The van der Waals surface area contributed by atoms with Crippen molar-refractivity contribution in [1.82, 2.24) is 29.4 Å². The van der Waals surface area contributed by atoms with E-state index in [0.29, 0.717) is 29.9 Å². The molecule has 1 N–H and O–H groups in total. The Hall–Kier alpha value is -4.88. The predicted octanol–water partition coefficient (Wildman–Crippen LogP) is 5.14. The lowest BCUT2D eigenvalue weighted by atomic mass is 10.1. The van der Waals surface area contributed by atoms with Gasteiger partial charge in [0.05, 0.1) is 60.9 Å². The van der Waals surface area contributed by atoms with Crippen molar-refractivity contribution in [3.05, 3.63) is 93.1 Å². The molecule has 6 heterocycles. The van der Waals surface area contributed by atoms with Gasteiger partial charge in [0, 0.05) is 68.2 Å². The van der Waals surface area contributed by atoms with E-state index < -0.39 is 47.4 Å². The molecule has 0 aliphatic carbocycles. The molecular weight excluding hydrogens is 736 g/mol. The van der Waals surface area contributed by atoms with Gasteiger partial charge in [-0.3, -0.25) is 9.59 Å². The molecule has 2 amide bonds. The Morgan fingerprint density at radius 3 is 1.80 bits per heavy atom. The Morgan fingerprint density at radius 1 is 0.796 bits per heavy atom. The monoisotopic (exact) mass is 768 g/mol. The zero-order valence-electron chi connectivity index (χ0n) is 28.3. The highest BCUT2D eigenvalue weighted by Crippen LogP contribution is 2.37. The number of alkyl halides is 6. The van der Waals surface area contributed by atoms with Crippen LogP contribution < -0.4 is 0 Å². The molecule has 11 nitrogen and oxygen atoms in total. The second-order valence-corrected chi connectivity index (χ2v) is 13.2. The van der Waals surface area contributed by atoms with Crippen LogP contribution in [0.1, 0.15) is 62.7 Å². The number of aromatic nitrogens is 4. The third kappa shape index (κ3) is 7.31. The molecule has 4 aliphatic rings. The van der Waals surface area contributed by atoms with Crippen molar-refractivity contribution in [2.24, 2.45) is 0 Å². The highest BCUT2D eigenvalue weighted by atomic mass is 19.4. The number of aliphatic hydroxyl groups is 1. The van der Waals surface area contributed by atoms with E-state index in [1.165, 1.54) is 35.2 Å². The molecule has 288 valence electrons. The lowest BCUT2D eigenvalue weighted by Gasteiger charge is -2.35. The second kappa shape index (κ2) is 14.4. The molecule has 2 aromatic heterocycles. The van der Waals surface area contributed by atoms with Crippen LogP contribution in [0.25, 0.3) is 11.4 Å². The summed E-state index contributed by atoms with van der Waals surface area (Å²) in [5.41, 5.74) is -0.950. The van der Waals surface area contributed by atoms with Crippen LogP contribution in [0.5, 0.6) is 0 Å². The summed E-state index contributed by atoms with van der Waals surface area (Å²) < 4.78 is 121. The van der Waals surface area contributed by atoms with Gasteiger partial charge >= 0.3 is 12.4 Å². The van der Waals surface area contributed by atoms with Crippen LogP contribution in [0.15, 0.2) is 36.4 Å². The number of ether oxygens (including phenoxy) is 2. The average Bonchev–Trinajstić information content (AvgIpc) is 3.83. The molecule has 54 heavy (non-hydrogen) atoms. The molecule has 2 saturated heterocycles. The number of carbonyl (C=O) groups is 2. The molecule has 0 bridgehead atoms. The van der Waals surface area contributed by atoms with Crippen molar-refractivity contribution in [2.45, 2.75) is 63.9 Å². The Labute approximate surface area is 301 Å². The number of rotatable bonds is 5. The molecule has 4 aliphatic heterocycles. The van der Waals surface area contributed by atoms with Gasteiger partial charge in [-0.25, -0.2) is 18.1 Å².